The van der Waals surface area contributed by atoms with Gasteiger partial charge in [0.25, 0.3) is 5.91 Å². The summed E-state index contributed by atoms with van der Waals surface area (Å²) in [6, 6.07) is 2.48. The van der Waals surface area contributed by atoms with Crippen LogP contribution in [0.2, 0.25) is 0 Å². The fourth-order valence-corrected chi connectivity index (χ4v) is 5.11. The zero-order valence-corrected chi connectivity index (χ0v) is 19.4. The maximum Gasteiger partial charge on any atom is 0.257 e. The third-order valence-corrected chi connectivity index (χ3v) is 6.81. The van der Waals surface area contributed by atoms with Gasteiger partial charge in [0, 0.05) is 70.7 Å². The average Bonchev–Trinajstić information content (AvgIpc) is 3.42. The van der Waals surface area contributed by atoms with Crippen molar-refractivity contribution in [1.29, 1.82) is 0 Å². The topological polar surface area (TPSA) is 113 Å². The first-order valence-electron chi connectivity index (χ1n) is 11.6. The van der Waals surface area contributed by atoms with Gasteiger partial charge in [-0.2, -0.15) is 5.10 Å². The molecule has 1 N–H and O–H groups in total. The number of amides is 3. The molecule has 2 bridgehead atoms. The number of hydrogen-bond donors (Lipinski definition) is 1. The van der Waals surface area contributed by atoms with Crippen LogP contribution in [-0.2, 0) is 23.2 Å². The van der Waals surface area contributed by atoms with E-state index in [-0.39, 0.29) is 48.3 Å². The van der Waals surface area contributed by atoms with Gasteiger partial charge in [-0.1, -0.05) is 0 Å². The molecule has 11 heteroatoms. The van der Waals surface area contributed by atoms with Crippen LogP contribution in [0.3, 0.4) is 0 Å². The van der Waals surface area contributed by atoms with E-state index in [4.69, 9.17) is 4.74 Å². The fraction of sp³-hybridized carbons (Fsp3) is 0.522. The maximum absolute atomic E-state index is 13.8. The number of fused-ring (bicyclic) bond motifs is 4. The number of rotatable bonds is 2. The van der Waals surface area contributed by atoms with Crippen LogP contribution < -0.4 is 10.1 Å². The van der Waals surface area contributed by atoms with E-state index < -0.39 is 0 Å². The maximum atomic E-state index is 13.8. The zero-order valence-electron chi connectivity index (χ0n) is 19.4. The smallest absolute Gasteiger partial charge is 0.257 e. The molecule has 180 valence electrons. The predicted molar refractivity (Wildman–Crippen MR) is 121 cm³/mol. The Morgan fingerprint density at radius 3 is 2.88 bits per heavy atom. The number of ether oxygens (including phenoxy) is 1. The van der Waals surface area contributed by atoms with E-state index >= 15 is 0 Å². The number of aryl methyl sites for hydroxylation is 1. The molecule has 2 aromatic rings. The van der Waals surface area contributed by atoms with E-state index in [1.807, 2.05) is 18.1 Å². The Morgan fingerprint density at radius 2 is 2.12 bits per heavy atom. The minimum Gasteiger partial charge on any atom is -0.475 e. The summed E-state index contributed by atoms with van der Waals surface area (Å²) in [5.41, 5.74) is 1.37. The van der Waals surface area contributed by atoms with Gasteiger partial charge < -0.3 is 19.9 Å². The number of piperazine rings is 1. The summed E-state index contributed by atoms with van der Waals surface area (Å²) in [7, 11) is 1.86. The van der Waals surface area contributed by atoms with Gasteiger partial charge in [0.15, 0.2) is 0 Å². The second-order valence-electron chi connectivity index (χ2n) is 9.19. The van der Waals surface area contributed by atoms with Crippen LogP contribution in [0.15, 0.2) is 30.7 Å². The van der Waals surface area contributed by atoms with Crippen LogP contribution in [-0.4, -0.2) is 98.1 Å². The van der Waals surface area contributed by atoms with Crippen LogP contribution in [0.5, 0.6) is 5.88 Å². The summed E-state index contributed by atoms with van der Waals surface area (Å²) in [6.07, 6.45) is 5.82. The Bertz CT molecular complexity index is 1100. The molecule has 3 aliphatic rings. The monoisotopic (exact) mass is 467 g/mol. The van der Waals surface area contributed by atoms with Crippen LogP contribution in [0, 0.1) is 0 Å². The molecule has 11 nitrogen and oxygen atoms in total. The van der Waals surface area contributed by atoms with E-state index in [1.54, 1.807) is 34.1 Å². The van der Waals surface area contributed by atoms with Crippen molar-refractivity contribution in [3.05, 3.63) is 41.9 Å². The standard InChI is InChI=1S/C23H29N7O4/c1-15(31)28-6-7-30-18(13-28)14-34-22-19(4-3-5-24-22)21(32)26-17-8-20(23(30)33)29(12-17)11-16-9-25-27(2)10-16/h3-5,9-10,17-18,20H,6-8,11-14H2,1-2H3,(H,26,32)/t17-,18+,20+/m1/s1. The van der Waals surface area contributed by atoms with Crippen molar-refractivity contribution in [3.63, 3.8) is 0 Å². The molecule has 0 aromatic carbocycles. The van der Waals surface area contributed by atoms with Crippen LogP contribution >= 0.6 is 0 Å². The summed E-state index contributed by atoms with van der Waals surface area (Å²) >= 11 is 0. The van der Waals surface area contributed by atoms with Gasteiger partial charge in [0.2, 0.25) is 17.7 Å². The SMILES string of the molecule is CC(=O)N1CCN2C(=O)[C@@H]3C[C@H](CN3Cc3cnn(C)c3)NC(=O)c3cccnc3OC[C@@H]2C1. The van der Waals surface area contributed by atoms with E-state index in [0.717, 1.165) is 5.56 Å². The highest BCUT2D eigenvalue weighted by molar-refractivity contribution is 5.96. The molecule has 0 saturated carbocycles. The number of carbonyl (C=O) groups excluding carboxylic acids is 3. The van der Waals surface area contributed by atoms with Crippen molar-refractivity contribution in [1.82, 2.24) is 34.8 Å². The molecule has 2 fully saturated rings. The van der Waals surface area contributed by atoms with E-state index in [9.17, 15) is 14.4 Å². The summed E-state index contributed by atoms with van der Waals surface area (Å²) in [4.78, 5) is 48.9. The molecule has 0 unspecified atom stereocenters. The summed E-state index contributed by atoms with van der Waals surface area (Å²) < 4.78 is 7.70. The Labute approximate surface area is 197 Å². The van der Waals surface area contributed by atoms with Gasteiger partial charge in [-0.3, -0.25) is 24.0 Å². The molecule has 34 heavy (non-hydrogen) atoms. The molecule has 2 aromatic heterocycles. The van der Waals surface area contributed by atoms with Crippen LogP contribution in [0.25, 0.3) is 0 Å². The van der Waals surface area contributed by atoms with Crippen molar-refractivity contribution in [2.75, 3.05) is 32.8 Å². The van der Waals surface area contributed by atoms with Crippen LogP contribution in [0.1, 0.15) is 29.3 Å². The highest BCUT2D eigenvalue weighted by Crippen LogP contribution is 2.26. The van der Waals surface area contributed by atoms with Gasteiger partial charge in [-0.15, -0.1) is 0 Å². The molecule has 3 atom stereocenters. The Balaban J connectivity index is 1.48. The lowest BCUT2D eigenvalue weighted by molar-refractivity contribution is -0.146. The van der Waals surface area contributed by atoms with Gasteiger partial charge in [0.1, 0.15) is 12.2 Å². The normalized spacial score (nSPS) is 25.5. The first kappa shape index (κ1) is 22.3. The second-order valence-corrected chi connectivity index (χ2v) is 9.19. The number of pyridine rings is 1. The molecular weight excluding hydrogens is 438 g/mol. The van der Waals surface area contributed by atoms with Crippen molar-refractivity contribution >= 4 is 17.7 Å². The lowest BCUT2D eigenvalue weighted by Gasteiger charge is -2.42. The summed E-state index contributed by atoms with van der Waals surface area (Å²) in [5, 5.41) is 7.32. The molecule has 0 aliphatic carbocycles. The number of carbonyl (C=O) groups is 3. The second kappa shape index (κ2) is 9.05. The molecule has 5 heterocycles. The van der Waals surface area contributed by atoms with Crippen molar-refractivity contribution < 1.29 is 19.1 Å². The lowest BCUT2D eigenvalue weighted by Crippen LogP contribution is -2.61. The summed E-state index contributed by atoms with van der Waals surface area (Å²) in [6.45, 7) is 4.10. The molecule has 2 saturated heterocycles. The van der Waals surface area contributed by atoms with Gasteiger partial charge in [-0.05, 0) is 18.6 Å². The lowest BCUT2D eigenvalue weighted by atomic mass is 10.1. The Hall–Kier alpha value is -3.47. The zero-order chi connectivity index (χ0) is 23.8. The number of aromatic nitrogens is 3. The largest absolute Gasteiger partial charge is 0.475 e. The predicted octanol–water partition coefficient (Wildman–Crippen LogP) is -0.360. The highest BCUT2D eigenvalue weighted by Gasteiger charge is 2.43. The van der Waals surface area contributed by atoms with E-state index in [0.29, 0.717) is 44.7 Å². The number of likely N-dealkylation sites (tertiary alicyclic amines) is 1. The first-order valence-corrected chi connectivity index (χ1v) is 11.6. The molecule has 3 aliphatic heterocycles. The number of nitrogens with one attached hydrogen (secondary N) is 1. The van der Waals surface area contributed by atoms with E-state index in [2.05, 4.69) is 20.3 Å². The minimum absolute atomic E-state index is 0.000686. The molecule has 0 radical (unpaired) electrons. The average molecular weight is 468 g/mol. The van der Waals surface area contributed by atoms with Gasteiger partial charge >= 0.3 is 0 Å². The van der Waals surface area contributed by atoms with Crippen molar-refractivity contribution in [3.8, 4) is 5.88 Å². The Morgan fingerprint density at radius 1 is 1.26 bits per heavy atom. The third-order valence-electron chi connectivity index (χ3n) is 6.81. The first-order chi connectivity index (χ1) is 16.4. The third kappa shape index (κ3) is 4.35. The van der Waals surface area contributed by atoms with Gasteiger partial charge in [-0.25, -0.2) is 4.98 Å². The Kier molecular flexibility index (Phi) is 5.94. The molecule has 3 amide bonds. The fourth-order valence-electron chi connectivity index (χ4n) is 5.11. The molecule has 0 spiro atoms. The van der Waals surface area contributed by atoms with Gasteiger partial charge in [0.05, 0.1) is 18.3 Å². The molecule has 5 rings (SSSR count). The molecular formula is C23H29N7O4. The highest BCUT2D eigenvalue weighted by atomic mass is 16.5. The van der Waals surface area contributed by atoms with Crippen LogP contribution in [0.4, 0.5) is 0 Å². The quantitative estimate of drug-likeness (QED) is 0.642. The van der Waals surface area contributed by atoms with E-state index in [1.165, 1.54) is 6.92 Å². The minimum atomic E-state index is -0.385. The summed E-state index contributed by atoms with van der Waals surface area (Å²) in [5.74, 6) is -0.0711. The van der Waals surface area contributed by atoms with Crippen molar-refractivity contribution in [2.45, 2.75) is 38.0 Å². The number of nitrogens with zero attached hydrogens (tertiary/aromatic N) is 6. The number of hydrogen-bond acceptors (Lipinski definition) is 7. The van der Waals surface area contributed by atoms with Crippen molar-refractivity contribution in [2.24, 2.45) is 7.05 Å².